The number of hydrogen-bond acceptors (Lipinski definition) is 9. The molecule has 4 rings (SSSR count). The van der Waals surface area contributed by atoms with Crippen molar-refractivity contribution in [1.29, 1.82) is 0 Å². The van der Waals surface area contributed by atoms with Gasteiger partial charge < -0.3 is 19.1 Å². The number of benzene rings is 2. The summed E-state index contributed by atoms with van der Waals surface area (Å²) < 4.78 is 19.7. The maximum absolute atomic E-state index is 13.9. The zero-order valence-electron chi connectivity index (χ0n) is 32.0. The maximum atomic E-state index is 13.9. The highest BCUT2D eigenvalue weighted by molar-refractivity contribution is 6.09. The third-order valence-corrected chi connectivity index (χ3v) is 8.57. The van der Waals surface area contributed by atoms with E-state index < -0.39 is 10.8 Å². The number of methoxy groups -OCH3 is 2. The van der Waals surface area contributed by atoms with Crippen LogP contribution in [0.3, 0.4) is 0 Å². The molecule has 1 amide bonds. The number of rotatable bonds is 15. The fraction of sp³-hybridized carbons (Fsp3) is 0.538. The van der Waals surface area contributed by atoms with Gasteiger partial charge >= 0.3 is 0 Å². The minimum atomic E-state index is -0.660. The Morgan fingerprint density at radius 2 is 1.16 bits per heavy atom. The van der Waals surface area contributed by atoms with Crippen molar-refractivity contribution in [3.63, 3.8) is 0 Å². The van der Waals surface area contributed by atoms with Gasteiger partial charge in [-0.1, -0.05) is 62.3 Å². The molecule has 0 aliphatic carbocycles. The van der Waals surface area contributed by atoms with E-state index in [0.29, 0.717) is 51.2 Å². The number of ether oxygens (including phenoxy) is 3. The van der Waals surface area contributed by atoms with Crippen molar-refractivity contribution in [3.05, 3.63) is 47.8 Å². The molecule has 12 nitrogen and oxygen atoms in total. The van der Waals surface area contributed by atoms with Crippen LogP contribution >= 0.6 is 0 Å². The predicted octanol–water partition coefficient (Wildman–Crippen LogP) is 6.41. The van der Waals surface area contributed by atoms with Gasteiger partial charge in [0.15, 0.2) is 17.3 Å². The van der Waals surface area contributed by atoms with Crippen LogP contribution in [0.15, 0.2) is 36.4 Å². The normalized spacial score (nSPS) is 12.4. The van der Waals surface area contributed by atoms with Gasteiger partial charge in [-0.05, 0) is 36.1 Å². The molecule has 2 heterocycles. The molecule has 2 aromatic heterocycles. The van der Waals surface area contributed by atoms with Crippen LogP contribution in [-0.2, 0) is 27.4 Å². The average Bonchev–Trinajstić information content (AvgIpc) is 3.58. The van der Waals surface area contributed by atoms with Crippen LogP contribution in [0.4, 0.5) is 0 Å². The molecule has 0 bridgehead atoms. The van der Waals surface area contributed by atoms with Crippen molar-refractivity contribution in [2.75, 3.05) is 40.5 Å². The van der Waals surface area contributed by atoms with Gasteiger partial charge in [0.25, 0.3) is 0 Å². The first-order valence-corrected chi connectivity index (χ1v) is 17.3. The van der Waals surface area contributed by atoms with Gasteiger partial charge in [-0.3, -0.25) is 28.5 Å². The van der Waals surface area contributed by atoms with Gasteiger partial charge in [0.1, 0.15) is 42.6 Å². The summed E-state index contributed by atoms with van der Waals surface area (Å²) in [7, 11) is 3.12. The Labute approximate surface area is 300 Å². The maximum Gasteiger partial charge on any atom is 0.244 e. The van der Waals surface area contributed by atoms with Gasteiger partial charge in [0.05, 0.1) is 31.9 Å². The Morgan fingerprint density at radius 3 is 1.59 bits per heavy atom. The van der Waals surface area contributed by atoms with Gasteiger partial charge in [-0.2, -0.15) is 10.2 Å². The van der Waals surface area contributed by atoms with Crippen molar-refractivity contribution >= 4 is 45.1 Å². The number of nitrogens with zero attached hydrogens (tertiary/aromatic N) is 5. The number of aromatic nitrogens is 4. The summed E-state index contributed by atoms with van der Waals surface area (Å²) in [5.74, 6) is 0.501. The summed E-state index contributed by atoms with van der Waals surface area (Å²) in [4.78, 5) is 55.2. The number of Topliss-reactive ketones (excluding diaryl/α,β-unsaturated/α-hetero) is 3. The summed E-state index contributed by atoms with van der Waals surface area (Å²) in [6, 6.07) is 10.7. The number of fused-ring (bicyclic) bond motifs is 2. The largest absolute Gasteiger partial charge is 0.497 e. The molecular weight excluding hydrogens is 650 g/mol. The van der Waals surface area contributed by atoms with E-state index in [0.717, 1.165) is 6.42 Å². The van der Waals surface area contributed by atoms with E-state index in [1.165, 1.54) is 4.68 Å². The molecule has 0 saturated heterocycles. The lowest BCUT2D eigenvalue weighted by molar-refractivity contribution is -0.133. The van der Waals surface area contributed by atoms with Gasteiger partial charge in [0, 0.05) is 46.8 Å². The van der Waals surface area contributed by atoms with Crippen molar-refractivity contribution in [1.82, 2.24) is 24.5 Å². The topological polar surface area (TPSA) is 135 Å². The molecule has 0 radical (unpaired) electrons. The number of carbonyl (C=O) groups excluding carboxylic acids is 4. The Kier molecular flexibility index (Phi) is 11.8. The molecule has 0 aliphatic heterocycles. The van der Waals surface area contributed by atoms with Crippen LogP contribution in [0.1, 0.15) is 89.7 Å². The SMILES string of the molecule is COc1ccc2c(C(=O)C(C)(C)C)nn(CC(=O)COCCN(CCC(C)(C)C)C(=O)Cn3nc(C(=O)C(C)(C)C)c4ccc(OC)cc43)c2c1. The highest BCUT2D eigenvalue weighted by Crippen LogP contribution is 2.30. The van der Waals surface area contributed by atoms with Crippen molar-refractivity contribution in [3.8, 4) is 11.5 Å². The van der Waals surface area contributed by atoms with E-state index in [2.05, 4.69) is 31.0 Å². The summed E-state index contributed by atoms with van der Waals surface area (Å²) in [6.45, 7) is 17.8. The van der Waals surface area contributed by atoms with Crippen LogP contribution < -0.4 is 9.47 Å². The molecule has 0 fully saturated rings. The Hall–Kier alpha value is -4.58. The molecular formula is C39H53N5O7. The van der Waals surface area contributed by atoms with Crippen LogP contribution in [0.2, 0.25) is 0 Å². The van der Waals surface area contributed by atoms with Crippen LogP contribution in [0.25, 0.3) is 21.8 Å². The smallest absolute Gasteiger partial charge is 0.244 e. The zero-order chi connectivity index (χ0) is 37.9. The standard InChI is InChI=1S/C39H53N5O7/c1-37(2,3)16-17-42(32(46)23-44-31-21-27(50-11)13-15-29(31)34(41-44)36(48)39(7,8)9)18-19-51-24-25(45)22-43-30-20-26(49-10)12-14-28(30)33(40-43)35(47)38(4,5)6/h12-15,20-21H,16-19,22-24H2,1-11H3. The second kappa shape index (κ2) is 15.3. The monoisotopic (exact) mass is 703 g/mol. The lowest BCUT2D eigenvalue weighted by atomic mass is 9.88. The minimum absolute atomic E-state index is 0.0319. The molecule has 0 spiro atoms. The second-order valence-electron chi connectivity index (χ2n) is 16.2. The van der Waals surface area contributed by atoms with Gasteiger partial charge in [-0.25, -0.2) is 0 Å². The Balaban J connectivity index is 1.48. The predicted molar refractivity (Wildman–Crippen MR) is 197 cm³/mol. The fourth-order valence-electron chi connectivity index (χ4n) is 5.48. The average molecular weight is 704 g/mol. The number of carbonyl (C=O) groups is 4. The fourth-order valence-corrected chi connectivity index (χ4v) is 5.48. The molecule has 51 heavy (non-hydrogen) atoms. The Morgan fingerprint density at radius 1 is 0.686 bits per heavy atom. The van der Waals surface area contributed by atoms with E-state index in [9.17, 15) is 19.2 Å². The van der Waals surface area contributed by atoms with Crippen LogP contribution in [0.5, 0.6) is 11.5 Å². The molecule has 2 aromatic carbocycles. The third-order valence-electron chi connectivity index (χ3n) is 8.57. The van der Waals surface area contributed by atoms with E-state index in [4.69, 9.17) is 14.2 Å². The summed E-state index contributed by atoms with van der Waals surface area (Å²) in [5, 5.41) is 10.5. The highest BCUT2D eigenvalue weighted by atomic mass is 16.5. The minimum Gasteiger partial charge on any atom is -0.497 e. The molecule has 276 valence electrons. The molecule has 0 atom stereocenters. The summed E-state index contributed by atoms with van der Waals surface area (Å²) in [6.07, 6.45) is 0.741. The molecule has 0 N–H and O–H groups in total. The molecule has 12 heteroatoms. The summed E-state index contributed by atoms with van der Waals surface area (Å²) >= 11 is 0. The van der Waals surface area contributed by atoms with Crippen molar-refractivity contribution in [2.45, 2.75) is 81.8 Å². The van der Waals surface area contributed by atoms with E-state index in [-0.39, 0.29) is 61.5 Å². The molecule has 0 unspecified atom stereocenters. The number of hydrogen-bond donors (Lipinski definition) is 0. The Bertz CT molecular complexity index is 1920. The zero-order valence-corrected chi connectivity index (χ0v) is 32.0. The van der Waals surface area contributed by atoms with E-state index in [1.807, 2.05) is 41.5 Å². The second-order valence-corrected chi connectivity index (χ2v) is 16.2. The van der Waals surface area contributed by atoms with Gasteiger partial charge in [0.2, 0.25) is 5.91 Å². The van der Waals surface area contributed by atoms with Crippen LogP contribution in [0, 0.1) is 16.2 Å². The van der Waals surface area contributed by atoms with E-state index in [1.54, 1.807) is 60.2 Å². The quantitative estimate of drug-likeness (QED) is 0.102. The number of ketones is 3. The first kappa shape index (κ1) is 39.2. The number of amides is 1. The first-order chi connectivity index (χ1) is 23.7. The molecule has 0 aliphatic rings. The molecule has 4 aromatic rings. The first-order valence-electron chi connectivity index (χ1n) is 17.3. The third kappa shape index (κ3) is 9.61. The van der Waals surface area contributed by atoms with E-state index >= 15 is 0 Å². The van der Waals surface area contributed by atoms with Crippen LogP contribution in [-0.4, -0.2) is 88.2 Å². The molecule has 0 saturated carbocycles. The van der Waals surface area contributed by atoms with Crippen molar-refractivity contribution < 1.29 is 33.4 Å². The highest BCUT2D eigenvalue weighted by Gasteiger charge is 2.30. The van der Waals surface area contributed by atoms with Crippen molar-refractivity contribution in [2.24, 2.45) is 16.2 Å². The lowest BCUT2D eigenvalue weighted by Crippen LogP contribution is -2.39. The summed E-state index contributed by atoms with van der Waals surface area (Å²) in [5.41, 5.74) is 0.519. The lowest BCUT2D eigenvalue weighted by Gasteiger charge is -2.27. The van der Waals surface area contributed by atoms with Gasteiger partial charge in [-0.15, -0.1) is 0 Å².